The first-order valence-corrected chi connectivity index (χ1v) is 6.86. The molecule has 2 aromatic rings. The van der Waals surface area contributed by atoms with Gasteiger partial charge in [-0.3, -0.25) is 4.79 Å². The predicted octanol–water partition coefficient (Wildman–Crippen LogP) is 2.57. The molecule has 1 heterocycles. The first kappa shape index (κ1) is 15.3. The minimum absolute atomic E-state index is 0.00712. The zero-order valence-corrected chi connectivity index (χ0v) is 12.5. The Labute approximate surface area is 127 Å². The number of hydrogen-bond acceptors (Lipinski definition) is 4. The van der Waals surface area contributed by atoms with E-state index >= 15 is 0 Å². The first-order valence-electron chi connectivity index (χ1n) is 6.48. The maximum Gasteiger partial charge on any atom is 0.338 e. The maximum atomic E-state index is 11.9. The number of fused-ring (bicyclic) bond motifs is 1. The van der Waals surface area contributed by atoms with E-state index in [0.717, 1.165) is 5.39 Å². The highest BCUT2D eigenvalue weighted by molar-refractivity contribution is 6.29. The summed E-state index contributed by atoms with van der Waals surface area (Å²) in [5.74, 6) is -0.877. The number of esters is 1. The maximum absolute atomic E-state index is 11.9. The van der Waals surface area contributed by atoms with Gasteiger partial charge in [0.15, 0.2) is 6.61 Å². The fourth-order valence-electron chi connectivity index (χ4n) is 1.81. The number of amides is 1. The number of nitrogens with one attached hydrogen (secondary N) is 1. The summed E-state index contributed by atoms with van der Waals surface area (Å²) in [7, 11) is 0. The van der Waals surface area contributed by atoms with Crippen LogP contribution in [0, 0.1) is 0 Å². The van der Waals surface area contributed by atoms with Crippen molar-refractivity contribution in [1.29, 1.82) is 0 Å². The summed E-state index contributed by atoms with van der Waals surface area (Å²) >= 11 is 5.80. The van der Waals surface area contributed by atoms with Gasteiger partial charge >= 0.3 is 5.97 Å². The third kappa shape index (κ3) is 4.16. The highest BCUT2D eigenvalue weighted by Gasteiger charge is 2.11. The molecule has 0 atom stereocenters. The van der Waals surface area contributed by atoms with Crippen LogP contribution in [0.3, 0.4) is 0 Å². The highest BCUT2D eigenvalue weighted by Crippen LogP contribution is 2.17. The number of carbonyl (C=O) groups excluding carboxylic acids is 2. The van der Waals surface area contributed by atoms with E-state index in [-0.39, 0.29) is 18.6 Å². The van der Waals surface area contributed by atoms with E-state index in [1.54, 1.807) is 30.3 Å². The molecule has 0 aliphatic carbocycles. The zero-order valence-electron chi connectivity index (χ0n) is 11.7. The van der Waals surface area contributed by atoms with Crippen LogP contribution >= 0.6 is 11.6 Å². The van der Waals surface area contributed by atoms with Crippen molar-refractivity contribution >= 4 is 34.4 Å². The standard InChI is InChI=1S/C15H15ClN2O3/c1-9(2)17-14(19)8-21-15(20)11-3-5-12-10(7-11)4-6-13(16)18-12/h3-7,9H,8H2,1-2H3,(H,17,19). The second-order valence-electron chi connectivity index (χ2n) is 4.84. The molecule has 0 unspecified atom stereocenters. The average molecular weight is 307 g/mol. The van der Waals surface area contributed by atoms with Crippen LogP contribution in [0.5, 0.6) is 0 Å². The summed E-state index contributed by atoms with van der Waals surface area (Å²) in [6.45, 7) is 3.37. The van der Waals surface area contributed by atoms with Gasteiger partial charge in [-0.05, 0) is 44.2 Å². The Bertz CT molecular complexity index is 686. The van der Waals surface area contributed by atoms with E-state index < -0.39 is 5.97 Å². The third-order valence-corrected chi connectivity index (χ3v) is 2.89. The van der Waals surface area contributed by atoms with Crippen molar-refractivity contribution in [1.82, 2.24) is 10.3 Å². The number of hydrogen-bond donors (Lipinski definition) is 1. The van der Waals surface area contributed by atoms with Crippen LogP contribution in [0.15, 0.2) is 30.3 Å². The van der Waals surface area contributed by atoms with Crippen molar-refractivity contribution in [2.75, 3.05) is 6.61 Å². The molecule has 0 saturated heterocycles. The van der Waals surface area contributed by atoms with E-state index in [2.05, 4.69) is 10.3 Å². The molecule has 0 spiro atoms. The van der Waals surface area contributed by atoms with Crippen molar-refractivity contribution < 1.29 is 14.3 Å². The lowest BCUT2D eigenvalue weighted by molar-refractivity contribution is -0.124. The highest BCUT2D eigenvalue weighted by atomic mass is 35.5. The molecule has 6 heteroatoms. The number of pyridine rings is 1. The molecule has 21 heavy (non-hydrogen) atoms. The van der Waals surface area contributed by atoms with Crippen molar-refractivity contribution in [2.45, 2.75) is 19.9 Å². The fourth-order valence-corrected chi connectivity index (χ4v) is 1.96. The Kier molecular flexibility index (Phi) is 4.75. The van der Waals surface area contributed by atoms with Crippen molar-refractivity contribution in [3.63, 3.8) is 0 Å². The molecule has 0 radical (unpaired) electrons. The summed E-state index contributed by atoms with van der Waals surface area (Å²) in [5, 5.41) is 3.81. The Balaban J connectivity index is 2.06. The number of benzene rings is 1. The summed E-state index contributed by atoms with van der Waals surface area (Å²) in [6, 6.07) is 8.36. The number of nitrogens with zero attached hydrogens (tertiary/aromatic N) is 1. The number of rotatable bonds is 4. The molecule has 0 bridgehead atoms. The minimum Gasteiger partial charge on any atom is -0.452 e. The van der Waals surface area contributed by atoms with Gasteiger partial charge in [-0.2, -0.15) is 0 Å². The Hall–Kier alpha value is -2.14. The fraction of sp³-hybridized carbons (Fsp3) is 0.267. The summed E-state index contributed by atoms with van der Waals surface area (Å²) in [4.78, 5) is 27.5. The molecule has 1 N–H and O–H groups in total. The molecule has 1 amide bonds. The first-order chi connectivity index (χ1) is 9.95. The van der Waals surface area contributed by atoms with Gasteiger partial charge in [-0.15, -0.1) is 0 Å². The van der Waals surface area contributed by atoms with Gasteiger partial charge < -0.3 is 10.1 Å². The van der Waals surface area contributed by atoms with Crippen molar-refractivity contribution in [3.8, 4) is 0 Å². The molecule has 1 aromatic carbocycles. The summed E-state index contributed by atoms with van der Waals surface area (Å²) in [5.41, 5.74) is 1.06. The molecule has 110 valence electrons. The molecule has 1 aromatic heterocycles. The summed E-state index contributed by atoms with van der Waals surface area (Å²) < 4.78 is 4.97. The largest absolute Gasteiger partial charge is 0.452 e. The van der Waals surface area contributed by atoms with Gasteiger partial charge in [0.05, 0.1) is 11.1 Å². The van der Waals surface area contributed by atoms with E-state index in [4.69, 9.17) is 16.3 Å². The molecular formula is C15H15ClN2O3. The van der Waals surface area contributed by atoms with Crippen LogP contribution in [-0.2, 0) is 9.53 Å². The second-order valence-corrected chi connectivity index (χ2v) is 5.23. The van der Waals surface area contributed by atoms with Crippen LogP contribution < -0.4 is 5.32 Å². The average Bonchev–Trinajstić information content (AvgIpc) is 2.43. The quantitative estimate of drug-likeness (QED) is 0.696. The molecule has 5 nitrogen and oxygen atoms in total. The zero-order chi connectivity index (χ0) is 15.4. The lowest BCUT2D eigenvalue weighted by Gasteiger charge is -2.09. The number of carbonyl (C=O) groups is 2. The molecule has 0 saturated carbocycles. The summed E-state index contributed by atoms with van der Waals surface area (Å²) in [6.07, 6.45) is 0. The van der Waals surface area contributed by atoms with E-state index in [9.17, 15) is 9.59 Å². The Morgan fingerprint density at radius 1 is 1.29 bits per heavy atom. The van der Waals surface area contributed by atoms with Crippen LogP contribution in [0.1, 0.15) is 24.2 Å². The molecule has 0 fully saturated rings. The molecule has 2 rings (SSSR count). The number of halogens is 1. The van der Waals surface area contributed by atoms with Crippen molar-refractivity contribution in [3.05, 3.63) is 41.0 Å². The SMILES string of the molecule is CC(C)NC(=O)COC(=O)c1ccc2nc(Cl)ccc2c1. The smallest absolute Gasteiger partial charge is 0.338 e. The van der Waals surface area contributed by atoms with Crippen LogP contribution in [-0.4, -0.2) is 29.5 Å². The van der Waals surface area contributed by atoms with Gasteiger partial charge in [0.1, 0.15) is 5.15 Å². The monoisotopic (exact) mass is 306 g/mol. The minimum atomic E-state index is -0.550. The van der Waals surface area contributed by atoms with E-state index in [1.807, 2.05) is 13.8 Å². The lowest BCUT2D eigenvalue weighted by atomic mass is 10.1. The van der Waals surface area contributed by atoms with Gasteiger partial charge in [-0.25, -0.2) is 9.78 Å². The van der Waals surface area contributed by atoms with E-state index in [0.29, 0.717) is 16.2 Å². The Morgan fingerprint density at radius 2 is 2.05 bits per heavy atom. The number of ether oxygens (including phenoxy) is 1. The third-order valence-electron chi connectivity index (χ3n) is 2.67. The van der Waals surface area contributed by atoms with Gasteiger partial charge in [0, 0.05) is 11.4 Å². The molecular weight excluding hydrogens is 292 g/mol. The Morgan fingerprint density at radius 3 is 2.76 bits per heavy atom. The van der Waals surface area contributed by atoms with Crippen LogP contribution in [0.4, 0.5) is 0 Å². The van der Waals surface area contributed by atoms with Crippen LogP contribution in [0.2, 0.25) is 5.15 Å². The van der Waals surface area contributed by atoms with Gasteiger partial charge in [0.2, 0.25) is 0 Å². The number of aromatic nitrogens is 1. The van der Waals surface area contributed by atoms with Gasteiger partial charge in [-0.1, -0.05) is 11.6 Å². The van der Waals surface area contributed by atoms with Crippen LogP contribution in [0.25, 0.3) is 10.9 Å². The van der Waals surface area contributed by atoms with E-state index in [1.165, 1.54) is 0 Å². The van der Waals surface area contributed by atoms with Gasteiger partial charge in [0.25, 0.3) is 5.91 Å². The molecule has 0 aliphatic rings. The topological polar surface area (TPSA) is 68.3 Å². The van der Waals surface area contributed by atoms with Crippen molar-refractivity contribution in [2.24, 2.45) is 0 Å². The normalized spacial score (nSPS) is 10.7. The predicted molar refractivity (Wildman–Crippen MR) is 80.3 cm³/mol. The molecule has 0 aliphatic heterocycles. The lowest BCUT2D eigenvalue weighted by Crippen LogP contribution is -2.33. The second kappa shape index (κ2) is 6.54.